The normalized spacial score (nSPS) is 22.1. The van der Waals surface area contributed by atoms with E-state index in [9.17, 15) is 14.4 Å². The summed E-state index contributed by atoms with van der Waals surface area (Å²) in [6.07, 6.45) is -1.06. The molecule has 0 aromatic heterocycles. The van der Waals surface area contributed by atoms with Crippen LogP contribution in [0.15, 0.2) is 72.8 Å². The minimum atomic E-state index is -1.06. The standard InChI is InChI=1S/C24H17Cl2N3O4/c25-16-7-4-8-17(26)20(16)28-23(31)18-19(13-9-11-14(12-10-13)22(27)30)29(33-21(18)24(28)32)15-5-2-1-3-6-15/h1-12,18-19,21H,(H2,27,30)/t18-,19-,21-/m1/s1. The molecule has 2 fully saturated rings. The first-order valence-electron chi connectivity index (χ1n) is 10.1. The Morgan fingerprint density at radius 1 is 0.848 bits per heavy atom. The van der Waals surface area contributed by atoms with E-state index in [1.807, 2.05) is 30.3 Å². The summed E-state index contributed by atoms with van der Waals surface area (Å²) in [5, 5.41) is 1.94. The Morgan fingerprint density at radius 2 is 1.48 bits per heavy atom. The zero-order chi connectivity index (χ0) is 23.3. The van der Waals surface area contributed by atoms with Crippen molar-refractivity contribution in [1.29, 1.82) is 0 Å². The highest BCUT2D eigenvalue weighted by Gasteiger charge is 2.60. The number of fused-ring (bicyclic) bond motifs is 1. The van der Waals surface area contributed by atoms with Gasteiger partial charge in [0.15, 0.2) is 6.10 Å². The van der Waals surface area contributed by atoms with Gasteiger partial charge in [0.25, 0.3) is 5.91 Å². The summed E-state index contributed by atoms with van der Waals surface area (Å²) in [5.41, 5.74) is 7.21. The summed E-state index contributed by atoms with van der Waals surface area (Å²) in [7, 11) is 0. The largest absolute Gasteiger partial charge is 0.366 e. The van der Waals surface area contributed by atoms with Crippen molar-refractivity contribution in [2.75, 3.05) is 9.96 Å². The third-order valence-electron chi connectivity index (χ3n) is 5.82. The van der Waals surface area contributed by atoms with E-state index in [0.29, 0.717) is 16.8 Å². The highest BCUT2D eigenvalue weighted by molar-refractivity contribution is 6.42. The molecule has 9 heteroatoms. The van der Waals surface area contributed by atoms with Crippen molar-refractivity contribution < 1.29 is 19.2 Å². The molecule has 33 heavy (non-hydrogen) atoms. The van der Waals surface area contributed by atoms with Gasteiger partial charge in [0.1, 0.15) is 5.92 Å². The molecular weight excluding hydrogens is 465 g/mol. The van der Waals surface area contributed by atoms with Crippen LogP contribution in [-0.4, -0.2) is 23.8 Å². The van der Waals surface area contributed by atoms with E-state index in [0.717, 1.165) is 4.90 Å². The van der Waals surface area contributed by atoms with Crippen LogP contribution in [0.4, 0.5) is 11.4 Å². The third kappa shape index (κ3) is 3.45. The molecule has 3 aromatic carbocycles. The van der Waals surface area contributed by atoms with Crippen molar-refractivity contribution in [2.24, 2.45) is 11.7 Å². The van der Waals surface area contributed by atoms with Crippen LogP contribution in [0.2, 0.25) is 10.0 Å². The first-order valence-corrected chi connectivity index (χ1v) is 10.9. The molecule has 0 unspecified atom stereocenters. The number of imide groups is 1. The lowest BCUT2D eigenvalue weighted by atomic mass is 9.90. The second kappa shape index (κ2) is 8.19. The number of hydroxylamine groups is 1. The highest BCUT2D eigenvalue weighted by Crippen LogP contribution is 2.49. The summed E-state index contributed by atoms with van der Waals surface area (Å²) in [6, 6.07) is 19.9. The summed E-state index contributed by atoms with van der Waals surface area (Å²) >= 11 is 12.6. The number of anilines is 2. The van der Waals surface area contributed by atoms with Crippen LogP contribution in [-0.2, 0) is 14.4 Å². The second-order valence-corrected chi connectivity index (χ2v) is 8.54. The smallest absolute Gasteiger partial charge is 0.266 e. The predicted molar refractivity (Wildman–Crippen MR) is 124 cm³/mol. The minimum Gasteiger partial charge on any atom is -0.366 e. The fourth-order valence-corrected chi connectivity index (χ4v) is 4.89. The van der Waals surface area contributed by atoms with E-state index in [2.05, 4.69) is 0 Å². The molecule has 3 amide bonds. The summed E-state index contributed by atoms with van der Waals surface area (Å²) in [4.78, 5) is 45.6. The number of halogens is 2. The van der Waals surface area contributed by atoms with E-state index in [1.165, 1.54) is 0 Å². The average molecular weight is 482 g/mol. The van der Waals surface area contributed by atoms with Gasteiger partial charge in [-0.15, -0.1) is 0 Å². The molecule has 0 saturated carbocycles. The molecule has 0 radical (unpaired) electrons. The van der Waals surface area contributed by atoms with E-state index in [-0.39, 0.29) is 15.7 Å². The Bertz CT molecular complexity index is 1250. The molecule has 2 aliphatic heterocycles. The molecule has 2 aliphatic rings. The SMILES string of the molecule is NC(=O)c1ccc([C@@H]2[C@H]3C(=O)N(c4c(Cl)cccc4Cl)C(=O)[C@@H]3ON2c2ccccc2)cc1. The van der Waals surface area contributed by atoms with Crippen LogP contribution < -0.4 is 15.7 Å². The van der Waals surface area contributed by atoms with Gasteiger partial charge in [-0.1, -0.05) is 59.6 Å². The van der Waals surface area contributed by atoms with Crippen LogP contribution in [0.5, 0.6) is 0 Å². The molecular formula is C24H17Cl2N3O4. The van der Waals surface area contributed by atoms with Gasteiger partial charge in [-0.2, -0.15) is 0 Å². The maximum absolute atomic E-state index is 13.6. The zero-order valence-corrected chi connectivity index (χ0v) is 18.5. The third-order valence-corrected chi connectivity index (χ3v) is 6.43. The number of amides is 3. The zero-order valence-electron chi connectivity index (χ0n) is 17.0. The minimum absolute atomic E-state index is 0.142. The number of nitrogens with two attached hydrogens (primary N) is 1. The van der Waals surface area contributed by atoms with Crippen molar-refractivity contribution in [2.45, 2.75) is 12.1 Å². The van der Waals surface area contributed by atoms with Gasteiger partial charge >= 0.3 is 0 Å². The number of hydrogen-bond acceptors (Lipinski definition) is 5. The van der Waals surface area contributed by atoms with Crippen LogP contribution >= 0.6 is 23.2 Å². The van der Waals surface area contributed by atoms with Crippen LogP contribution in [0.3, 0.4) is 0 Å². The van der Waals surface area contributed by atoms with Crippen molar-refractivity contribution >= 4 is 52.3 Å². The van der Waals surface area contributed by atoms with E-state index >= 15 is 0 Å². The summed E-state index contributed by atoms with van der Waals surface area (Å²) in [6.45, 7) is 0. The predicted octanol–water partition coefficient (Wildman–Crippen LogP) is 4.14. The number of para-hydroxylation sites is 2. The molecule has 0 bridgehead atoms. The molecule has 2 N–H and O–H groups in total. The van der Waals surface area contributed by atoms with Gasteiger partial charge in [-0.05, 0) is 42.0 Å². The Labute approximate surface area is 199 Å². The van der Waals surface area contributed by atoms with Gasteiger partial charge in [-0.25, -0.2) is 9.96 Å². The van der Waals surface area contributed by atoms with Crippen LogP contribution in [0, 0.1) is 5.92 Å². The number of rotatable bonds is 4. The number of benzene rings is 3. The number of nitrogens with zero attached hydrogens (tertiary/aromatic N) is 2. The Hall–Kier alpha value is -3.39. The van der Waals surface area contributed by atoms with Crippen molar-refractivity contribution in [3.63, 3.8) is 0 Å². The average Bonchev–Trinajstić information content (AvgIpc) is 3.31. The number of carbonyl (C=O) groups excluding carboxylic acids is 3. The molecule has 0 aliphatic carbocycles. The molecule has 7 nitrogen and oxygen atoms in total. The Morgan fingerprint density at radius 3 is 2.09 bits per heavy atom. The Kier molecular flexibility index (Phi) is 5.32. The molecule has 3 atom stereocenters. The van der Waals surface area contributed by atoms with E-state index in [1.54, 1.807) is 47.5 Å². The number of carbonyl (C=O) groups is 3. The lowest BCUT2D eigenvalue weighted by Crippen LogP contribution is -2.37. The summed E-state index contributed by atoms with van der Waals surface area (Å²) < 4.78 is 0. The number of hydrogen-bond donors (Lipinski definition) is 1. The monoisotopic (exact) mass is 481 g/mol. The molecule has 5 rings (SSSR count). The van der Waals surface area contributed by atoms with Crippen molar-refractivity contribution in [1.82, 2.24) is 0 Å². The van der Waals surface area contributed by atoms with E-state index < -0.39 is 35.8 Å². The topological polar surface area (TPSA) is 92.9 Å². The van der Waals surface area contributed by atoms with Crippen LogP contribution in [0.1, 0.15) is 22.0 Å². The van der Waals surface area contributed by atoms with Gasteiger partial charge in [-0.3, -0.25) is 19.2 Å². The maximum Gasteiger partial charge on any atom is 0.266 e. The highest BCUT2D eigenvalue weighted by atomic mass is 35.5. The van der Waals surface area contributed by atoms with Gasteiger partial charge in [0, 0.05) is 5.56 Å². The van der Waals surface area contributed by atoms with Crippen molar-refractivity contribution in [3.8, 4) is 0 Å². The van der Waals surface area contributed by atoms with E-state index in [4.69, 9.17) is 33.8 Å². The lowest BCUT2D eigenvalue weighted by Gasteiger charge is -2.29. The molecule has 2 heterocycles. The summed E-state index contributed by atoms with van der Waals surface area (Å²) in [5.74, 6) is -2.43. The second-order valence-electron chi connectivity index (χ2n) is 7.73. The lowest BCUT2D eigenvalue weighted by molar-refractivity contribution is -0.126. The van der Waals surface area contributed by atoms with Gasteiger partial charge in [0.05, 0.1) is 27.5 Å². The molecule has 166 valence electrons. The molecule has 0 spiro atoms. The Balaban J connectivity index is 1.60. The van der Waals surface area contributed by atoms with Crippen molar-refractivity contribution in [3.05, 3.63) is 94.0 Å². The van der Waals surface area contributed by atoms with Crippen LogP contribution in [0.25, 0.3) is 0 Å². The maximum atomic E-state index is 13.6. The first-order chi connectivity index (χ1) is 15.9. The fraction of sp³-hybridized carbons (Fsp3) is 0.125. The van der Waals surface area contributed by atoms with Gasteiger partial charge < -0.3 is 5.73 Å². The number of primary amides is 1. The molecule has 3 aromatic rings. The van der Waals surface area contributed by atoms with Gasteiger partial charge in [0.2, 0.25) is 11.8 Å². The first kappa shape index (κ1) is 21.5. The quantitative estimate of drug-likeness (QED) is 0.565. The molecule has 2 saturated heterocycles. The fourth-order valence-electron chi connectivity index (χ4n) is 4.32.